The van der Waals surface area contributed by atoms with Crippen molar-refractivity contribution >= 4 is 45.0 Å². The molecule has 0 rings (SSSR count). The fourth-order valence-electron chi connectivity index (χ4n) is 4.93. The van der Waals surface area contributed by atoms with Crippen molar-refractivity contribution in [3.05, 3.63) is 23.3 Å². The van der Waals surface area contributed by atoms with Gasteiger partial charge < -0.3 is 39.6 Å². The summed E-state index contributed by atoms with van der Waals surface area (Å²) in [6.45, 7) is 12.6. The minimum atomic E-state index is -1.48. The van der Waals surface area contributed by atoms with Crippen LogP contribution in [0.25, 0.3) is 0 Å². The van der Waals surface area contributed by atoms with Gasteiger partial charge in [-0.15, -0.1) is 0 Å². The number of hydrogen-bond donors (Lipinski definition) is 0. The molecule has 0 amide bonds. The van der Waals surface area contributed by atoms with Gasteiger partial charge >= 0.3 is 95.2 Å². The first-order chi connectivity index (χ1) is 21.4. The Labute approximate surface area is 284 Å². The zero-order valence-electron chi connectivity index (χ0n) is 29.4. The van der Waals surface area contributed by atoms with E-state index in [2.05, 4.69) is 27.7 Å². The molecule has 8 nitrogen and oxygen atoms in total. The molecule has 0 saturated carbocycles. The molecule has 0 bridgehead atoms. The number of hydrogen-bond acceptors (Lipinski definition) is 8. The first-order valence-electron chi connectivity index (χ1n) is 17.7. The van der Waals surface area contributed by atoms with Crippen molar-refractivity contribution in [1.82, 2.24) is 0 Å². The Morgan fingerprint density at radius 1 is 0.511 bits per heavy atom. The first-order valence-corrected chi connectivity index (χ1v) is 23.4. The van der Waals surface area contributed by atoms with Crippen molar-refractivity contribution in [3.8, 4) is 0 Å². The third kappa shape index (κ3) is 34.9. The first kappa shape index (κ1) is 47.6. The van der Waals surface area contributed by atoms with Gasteiger partial charge in [0.2, 0.25) is 0 Å². The van der Waals surface area contributed by atoms with E-state index in [0.29, 0.717) is 12.2 Å². The van der Waals surface area contributed by atoms with Crippen molar-refractivity contribution in [2.24, 2.45) is 11.8 Å². The summed E-state index contributed by atoms with van der Waals surface area (Å²) < 4.78 is 3.38. The number of carbonyl (C=O) groups is 4. The molecule has 0 aromatic rings. The average Bonchev–Trinajstić information content (AvgIpc) is 2.99. The van der Waals surface area contributed by atoms with Crippen molar-refractivity contribution in [3.63, 3.8) is 0 Å². The summed E-state index contributed by atoms with van der Waals surface area (Å²) in [7, 11) is 0. The summed E-state index contributed by atoms with van der Waals surface area (Å²) in [6.07, 6.45) is 21.2. The maximum atomic E-state index is 10.7. The van der Waals surface area contributed by atoms with Crippen molar-refractivity contribution < 1.29 is 39.6 Å². The van der Waals surface area contributed by atoms with E-state index in [9.17, 15) is 39.6 Å². The van der Waals surface area contributed by atoms with Crippen LogP contribution in [0.1, 0.15) is 157 Å². The molecule has 0 aromatic heterocycles. The van der Waals surface area contributed by atoms with E-state index in [1.165, 1.54) is 38.5 Å². The van der Waals surface area contributed by atoms with Crippen LogP contribution in [0.5, 0.6) is 0 Å². The summed E-state index contributed by atoms with van der Waals surface area (Å²) in [4.78, 5) is 42.0. The molecule has 0 saturated heterocycles. The van der Waals surface area contributed by atoms with Crippen LogP contribution in [0.15, 0.2) is 23.3 Å². The summed E-state index contributed by atoms with van der Waals surface area (Å²) in [6, 6.07) is 0. The fraction of sp³-hybridized carbons (Fsp3) is 0.778. The van der Waals surface area contributed by atoms with Crippen molar-refractivity contribution in [2.75, 3.05) is 0 Å². The molecule has 260 valence electrons. The van der Waals surface area contributed by atoms with E-state index in [0.717, 1.165) is 51.4 Å². The quantitative estimate of drug-likeness (QED) is 0.0725. The van der Waals surface area contributed by atoms with Gasteiger partial charge in [0.15, 0.2) is 0 Å². The molecule has 0 heterocycles. The van der Waals surface area contributed by atoms with Crippen LogP contribution in [0.4, 0.5) is 0 Å². The average molecular weight is 744 g/mol. The molecule has 9 heteroatoms. The molecule has 0 aliphatic rings. The molecule has 2 atom stereocenters. The third-order valence-electron chi connectivity index (χ3n) is 7.92. The third-order valence-corrected chi connectivity index (χ3v) is 13.6. The van der Waals surface area contributed by atoms with Crippen LogP contribution in [-0.2, 0) is 19.2 Å². The minimum absolute atomic E-state index is 0.178. The molecular formula is C36H64O8Sn. The maximum absolute atomic E-state index is 10.7. The summed E-state index contributed by atoms with van der Waals surface area (Å²) in [5, 5.41) is 42.0. The van der Waals surface area contributed by atoms with Gasteiger partial charge in [-0.05, 0) is 48.0 Å². The van der Waals surface area contributed by atoms with Crippen LogP contribution in [0.2, 0.25) is 8.87 Å². The van der Waals surface area contributed by atoms with E-state index in [4.69, 9.17) is 0 Å². The normalized spacial score (nSPS) is 12.7. The van der Waals surface area contributed by atoms with Crippen LogP contribution in [0.3, 0.4) is 0 Å². The number of rotatable bonds is 26. The van der Waals surface area contributed by atoms with E-state index >= 15 is 0 Å². The summed E-state index contributed by atoms with van der Waals surface area (Å²) in [5.41, 5.74) is -0.356. The Morgan fingerprint density at radius 3 is 1.09 bits per heavy atom. The van der Waals surface area contributed by atoms with E-state index in [1.54, 1.807) is 21.7 Å². The van der Waals surface area contributed by atoms with Crippen LogP contribution >= 0.6 is 0 Å². The molecule has 0 N–H and O–H groups in total. The Hall–Kier alpha value is -1.84. The molecular weight excluding hydrogens is 679 g/mol. The Balaban J connectivity index is -0.000000592. The van der Waals surface area contributed by atoms with Gasteiger partial charge in [-0.1, -0.05) is 79.1 Å². The van der Waals surface area contributed by atoms with Gasteiger partial charge in [0.05, 0.1) is 23.9 Å². The second kappa shape index (κ2) is 35.0. The second-order valence-corrected chi connectivity index (χ2v) is 18.0. The number of carboxylic acid groups (broad SMARTS) is 4. The number of carbonyl (C=O) groups excluding carboxylic acids is 4. The monoisotopic (exact) mass is 744 g/mol. The fourth-order valence-corrected chi connectivity index (χ4v) is 9.98. The molecule has 45 heavy (non-hydrogen) atoms. The molecule has 4 radical (unpaired) electrons. The topological polar surface area (TPSA) is 161 Å². The molecule has 0 aromatic carbocycles. The molecule has 0 spiro atoms. The van der Waals surface area contributed by atoms with Gasteiger partial charge in [0, 0.05) is 0 Å². The zero-order chi connectivity index (χ0) is 34.9. The van der Waals surface area contributed by atoms with Gasteiger partial charge in [-0.3, -0.25) is 0 Å². The standard InChI is InChI=1S/2C12H20O4.2C6H13.Sn.2H/c2*1-3-5-6-9(4-2)7-10(12(15)16)8-11(13)14;2*1-3-5-6-4-2;;;/h2*8-9H,3-7H2,1-2H3,(H,13,14)(H,15,16);2*1,3-6H2,2H3;;;/q;;;;+4;;/p-4/b2*10-8-;;;;;. The van der Waals surface area contributed by atoms with Crippen molar-refractivity contribution in [1.29, 1.82) is 0 Å². The predicted octanol–water partition coefficient (Wildman–Crippen LogP) is 4.19. The Bertz CT molecular complexity index is 756. The predicted molar refractivity (Wildman–Crippen MR) is 178 cm³/mol. The van der Waals surface area contributed by atoms with Crippen molar-refractivity contribution in [2.45, 2.75) is 166 Å². The zero-order valence-corrected chi connectivity index (χ0v) is 33.5. The number of carboxylic acids is 4. The Morgan fingerprint density at radius 2 is 0.844 bits per heavy atom. The van der Waals surface area contributed by atoms with Gasteiger partial charge in [-0.2, -0.15) is 0 Å². The van der Waals surface area contributed by atoms with Crippen LogP contribution in [0, 0.1) is 11.8 Å². The number of unbranched alkanes of at least 4 members (excludes halogenated alkanes) is 8. The second-order valence-electron chi connectivity index (χ2n) is 12.0. The van der Waals surface area contributed by atoms with Gasteiger partial charge in [0.1, 0.15) is 0 Å². The molecule has 0 aliphatic carbocycles. The van der Waals surface area contributed by atoms with Gasteiger partial charge in [0.25, 0.3) is 0 Å². The van der Waals surface area contributed by atoms with Gasteiger partial charge in [-0.25, -0.2) is 0 Å². The van der Waals surface area contributed by atoms with E-state index in [1.807, 2.05) is 13.8 Å². The molecule has 0 fully saturated rings. The van der Waals surface area contributed by atoms with Crippen LogP contribution in [-0.4, -0.2) is 45.0 Å². The SMILES string of the molecule is CCCCC(CC)C/C(=C/C(=O)[O-])C(=O)[O-].CCCCC(CC)C/C(=C/C(=O)[O-])C(=O)[O-].CCCCC[CH2][SnH2+4][CH2]CCCCC. The summed E-state index contributed by atoms with van der Waals surface area (Å²) >= 11 is -0.220. The van der Waals surface area contributed by atoms with E-state index < -0.39 is 23.9 Å². The molecule has 2 unspecified atom stereocenters. The summed E-state index contributed by atoms with van der Waals surface area (Å²) in [5.74, 6) is -5.40. The van der Waals surface area contributed by atoms with Crippen LogP contribution < -0.4 is 20.4 Å². The Kier molecular flexibility index (Phi) is 37.0. The van der Waals surface area contributed by atoms with E-state index in [-0.39, 0.29) is 57.0 Å². The number of aliphatic carboxylic acids is 4. The molecule has 0 aliphatic heterocycles.